The Balaban J connectivity index is 1.56. The maximum absolute atomic E-state index is 13.3. The van der Waals surface area contributed by atoms with E-state index in [9.17, 15) is 19.6 Å². The number of anilines is 1. The van der Waals surface area contributed by atoms with Crippen molar-refractivity contribution in [3.8, 4) is 11.8 Å². The molecule has 0 bridgehead atoms. The number of allylic oxidation sites excluding steroid dienone is 3. The predicted octanol–water partition coefficient (Wildman–Crippen LogP) is 5.31. The maximum Gasteiger partial charge on any atom is 0.338 e. The van der Waals surface area contributed by atoms with Gasteiger partial charge in [-0.05, 0) is 60.7 Å². The predicted molar refractivity (Wildman–Crippen MR) is 150 cm³/mol. The molecular weight excluding hydrogens is 514 g/mol. The Labute approximate surface area is 232 Å². The van der Waals surface area contributed by atoms with Crippen molar-refractivity contribution in [1.29, 1.82) is 5.26 Å². The van der Waals surface area contributed by atoms with E-state index in [-0.39, 0.29) is 29.5 Å². The molecule has 1 aliphatic heterocycles. The first-order valence-corrected chi connectivity index (χ1v) is 13.7. The standard InChI is InChI=1S/C30H31N3O5S/c1-5-38-29(36)19-6-10-20(11-7-19)32-25(35)17-39-28-22(16-31)26(18-8-12-21(37-4)13-9-18)27-23(33-28)14-30(2,3)15-24(27)34/h6-13,26,33H,5,14-15,17H2,1-4H3,(H,32,35)/t26-/m0/s1. The molecule has 4 rings (SSSR count). The third-order valence-electron chi connectivity index (χ3n) is 6.60. The lowest BCUT2D eigenvalue weighted by atomic mass is 9.69. The Kier molecular flexibility index (Phi) is 8.46. The number of ether oxygens (including phenoxy) is 2. The van der Waals surface area contributed by atoms with Gasteiger partial charge in [0, 0.05) is 23.4 Å². The second-order valence-corrected chi connectivity index (χ2v) is 11.1. The number of Topliss-reactive ketones (excluding diaryl/α,β-unsaturated/α-hetero) is 1. The van der Waals surface area contributed by atoms with Gasteiger partial charge in [-0.2, -0.15) is 5.26 Å². The summed E-state index contributed by atoms with van der Waals surface area (Å²) in [6.07, 6.45) is 1.06. The first kappa shape index (κ1) is 28.0. The lowest BCUT2D eigenvalue weighted by molar-refractivity contribution is -0.118. The zero-order valence-corrected chi connectivity index (χ0v) is 23.2. The Hall–Kier alpha value is -4.03. The van der Waals surface area contributed by atoms with Crippen molar-refractivity contribution in [3.05, 3.63) is 81.5 Å². The van der Waals surface area contributed by atoms with Gasteiger partial charge in [-0.3, -0.25) is 9.59 Å². The van der Waals surface area contributed by atoms with Gasteiger partial charge in [-0.25, -0.2) is 4.79 Å². The van der Waals surface area contributed by atoms with Crippen molar-refractivity contribution in [3.63, 3.8) is 0 Å². The van der Waals surface area contributed by atoms with Crippen LogP contribution in [0.3, 0.4) is 0 Å². The molecule has 202 valence electrons. The van der Waals surface area contributed by atoms with Crippen LogP contribution >= 0.6 is 11.8 Å². The molecule has 39 heavy (non-hydrogen) atoms. The summed E-state index contributed by atoms with van der Waals surface area (Å²) in [4.78, 5) is 38.0. The van der Waals surface area contributed by atoms with Crippen LogP contribution in [0.1, 0.15) is 55.5 Å². The van der Waals surface area contributed by atoms with E-state index in [4.69, 9.17) is 9.47 Å². The van der Waals surface area contributed by atoms with Crippen molar-refractivity contribution in [1.82, 2.24) is 5.32 Å². The number of ketones is 1. The van der Waals surface area contributed by atoms with Crippen LogP contribution in [0.5, 0.6) is 5.75 Å². The van der Waals surface area contributed by atoms with Crippen LogP contribution in [0.15, 0.2) is 70.4 Å². The number of carbonyl (C=O) groups is 3. The minimum Gasteiger partial charge on any atom is -0.497 e. The number of hydrogen-bond acceptors (Lipinski definition) is 8. The Morgan fingerprint density at radius 1 is 1.13 bits per heavy atom. The molecule has 1 amide bonds. The highest BCUT2D eigenvalue weighted by molar-refractivity contribution is 8.03. The molecule has 8 nitrogen and oxygen atoms in total. The number of esters is 1. The molecular formula is C30H31N3O5S. The van der Waals surface area contributed by atoms with Gasteiger partial charge in [-0.1, -0.05) is 37.7 Å². The number of thioether (sulfide) groups is 1. The molecule has 0 unspecified atom stereocenters. The summed E-state index contributed by atoms with van der Waals surface area (Å²) in [6, 6.07) is 16.2. The minimum atomic E-state index is -0.526. The van der Waals surface area contributed by atoms with Crippen LogP contribution in [-0.2, 0) is 14.3 Å². The molecule has 2 N–H and O–H groups in total. The first-order chi connectivity index (χ1) is 18.7. The zero-order chi connectivity index (χ0) is 28.2. The second kappa shape index (κ2) is 11.8. The van der Waals surface area contributed by atoms with Crippen molar-refractivity contribution < 1.29 is 23.9 Å². The van der Waals surface area contributed by atoms with E-state index in [1.165, 1.54) is 11.8 Å². The van der Waals surface area contributed by atoms with Gasteiger partial charge in [0.15, 0.2) is 5.78 Å². The van der Waals surface area contributed by atoms with Gasteiger partial charge in [0.1, 0.15) is 5.75 Å². The molecule has 1 aliphatic carbocycles. The average Bonchev–Trinajstić information content (AvgIpc) is 2.91. The summed E-state index contributed by atoms with van der Waals surface area (Å²) in [5.41, 5.74) is 3.36. The number of carbonyl (C=O) groups excluding carboxylic acids is 3. The Morgan fingerprint density at radius 2 is 1.82 bits per heavy atom. The van der Waals surface area contributed by atoms with Crippen LogP contribution in [0.4, 0.5) is 5.69 Å². The third kappa shape index (κ3) is 6.35. The molecule has 0 saturated heterocycles. The molecule has 2 aromatic rings. The normalized spacial score (nSPS) is 18.0. The number of nitrogens with one attached hydrogen (secondary N) is 2. The van der Waals surface area contributed by atoms with Crippen LogP contribution < -0.4 is 15.4 Å². The lowest BCUT2D eigenvalue weighted by Crippen LogP contribution is -2.37. The SMILES string of the molecule is CCOC(=O)c1ccc(NC(=O)CSC2=C(C#N)[C@H](c3ccc(OC)cc3)C3=C(CC(C)(C)CC3=O)N2)cc1. The summed E-state index contributed by atoms with van der Waals surface area (Å²) in [7, 11) is 1.59. The molecule has 0 fully saturated rings. The van der Waals surface area contributed by atoms with Crippen LogP contribution in [0, 0.1) is 16.7 Å². The Bertz CT molecular complexity index is 1390. The quantitative estimate of drug-likeness (QED) is 0.429. The maximum atomic E-state index is 13.3. The molecule has 0 radical (unpaired) electrons. The smallest absolute Gasteiger partial charge is 0.338 e. The van der Waals surface area contributed by atoms with E-state index < -0.39 is 11.9 Å². The first-order valence-electron chi connectivity index (χ1n) is 12.7. The summed E-state index contributed by atoms with van der Waals surface area (Å²) in [5, 5.41) is 16.9. The van der Waals surface area contributed by atoms with E-state index in [1.807, 2.05) is 24.3 Å². The highest BCUT2D eigenvalue weighted by Crippen LogP contribution is 2.48. The van der Waals surface area contributed by atoms with E-state index in [0.29, 0.717) is 46.0 Å². The zero-order valence-electron chi connectivity index (χ0n) is 22.4. The van der Waals surface area contributed by atoms with Crippen molar-refractivity contribution in [2.24, 2.45) is 5.41 Å². The fourth-order valence-electron chi connectivity index (χ4n) is 4.86. The van der Waals surface area contributed by atoms with Crippen molar-refractivity contribution >= 4 is 35.1 Å². The molecule has 0 aromatic heterocycles. The van der Waals surface area contributed by atoms with Crippen LogP contribution in [0.2, 0.25) is 0 Å². The number of hydrogen-bond donors (Lipinski definition) is 2. The van der Waals surface area contributed by atoms with Gasteiger partial charge < -0.3 is 20.1 Å². The fraction of sp³-hybridized carbons (Fsp3) is 0.333. The largest absolute Gasteiger partial charge is 0.497 e. The van der Waals surface area contributed by atoms with E-state index >= 15 is 0 Å². The molecule has 0 saturated carbocycles. The van der Waals surface area contributed by atoms with Gasteiger partial charge in [0.25, 0.3) is 0 Å². The van der Waals surface area contributed by atoms with E-state index in [2.05, 4.69) is 30.6 Å². The van der Waals surface area contributed by atoms with Gasteiger partial charge in [0.05, 0.1) is 47.6 Å². The molecule has 2 aromatic carbocycles. The van der Waals surface area contributed by atoms with E-state index in [1.54, 1.807) is 38.3 Å². The molecule has 1 atom stereocenters. The average molecular weight is 546 g/mol. The molecule has 1 heterocycles. The number of amides is 1. The number of dihydropyridines is 1. The lowest BCUT2D eigenvalue weighted by Gasteiger charge is -2.39. The van der Waals surface area contributed by atoms with E-state index in [0.717, 1.165) is 11.3 Å². The summed E-state index contributed by atoms with van der Waals surface area (Å²) < 4.78 is 10.3. The summed E-state index contributed by atoms with van der Waals surface area (Å²) >= 11 is 1.22. The Morgan fingerprint density at radius 3 is 2.44 bits per heavy atom. The molecule has 0 spiro atoms. The minimum absolute atomic E-state index is 0.0235. The van der Waals surface area contributed by atoms with Crippen molar-refractivity contribution in [2.75, 3.05) is 24.8 Å². The summed E-state index contributed by atoms with van der Waals surface area (Å²) in [6.45, 7) is 6.13. The highest BCUT2D eigenvalue weighted by atomic mass is 32.2. The number of methoxy groups -OCH3 is 1. The van der Waals surface area contributed by atoms with Crippen LogP contribution in [-0.4, -0.2) is 37.1 Å². The third-order valence-corrected chi connectivity index (χ3v) is 7.62. The van der Waals surface area contributed by atoms with Gasteiger partial charge in [-0.15, -0.1) is 0 Å². The number of nitriles is 1. The monoisotopic (exact) mass is 545 g/mol. The molecule has 9 heteroatoms. The number of nitrogens with zero attached hydrogens (tertiary/aromatic N) is 1. The van der Waals surface area contributed by atoms with Gasteiger partial charge in [0.2, 0.25) is 5.91 Å². The van der Waals surface area contributed by atoms with Crippen LogP contribution in [0.25, 0.3) is 0 Å². The molecule has 2 aliphatic rings. The van der Waals surface area contributed by atoms with Gasteiger partial charge >= 0.3 is 5.97 Å². The number of rotatable bonds is 8. The van der Waals surface area contributed by atoms with Crippen molar-refractivity contribution in [2.45, 2.75) is 39.5 Å². The topological polar surface area (TPSA) is 118 Å². The highest BCUT2D eigenvalue weighted by Gasteiger charge is 2.42. The summed E-state index contributed by atoms with van der Waals surface area (Å²) in [5.74, 6) is -0.465. The fourth-order valence-corrected chi connectivity index (χ4v) is 5.72. The number of benzene rings is 2. The second-order valence-electron chi connectivity index (χ2n) is 10.2.